The summed E-state index contributed by atoms with van der Waals surface area (Å²) in [4.78, 5) is 23.2. The number of nitrogens with one attached hydrogen (secondary N) is 1. The van der Waals surface area contributed by atoms with Crippen molar-refractivity contribution in [1.29, 1.82) is 0 Å². The molecule has 1 N–H and O–H groups in total. The number of nitrogens with zero attached hydrogens (tertiary/aromatic N) is 5. The predicted octanol–water partition coefficient (Wildman–Crippen LogP) is 3.52. The van der Waals surface area contributed by atoms with Crippen molar-refractivity contribution in [3.8, 4) is 11.3 Å². The lowest BCUT2D eigenvalue weighted by atomic mass is 10.2. The zero-order valence-electron chi connectivity index (χ0n) is 17.2. The summed E-state index contributed by atoms with van der Waals surface area (Å²) in [5.74, 6) is 0.769. The first kappa shape index (κ1) is 19.2. The van der Waals surface area contributed by atoms with Crippen molar-refractivity contribution in [2.24, 2.45) is 0 Å². The summed E-state index contributed by atoms with van der Waals surface area (Å²) in [7, 11) is 0. The number of aromatic nitrogens is 4. The van der Waals surface area contributed by atoms with Gasteiger partial charge in [0.15, 0.2) is 5.65 Å². The number of likely N-dealkylation sites (tertiary alicyclic amines) is 1. The maximum atomic E-state index is 12.3. The largest absolute Gasteiger partial charge is 0.444 e. The molecule has 0 bridgehead atoms. The lowest BCUT2D eigenvalue weighted by Crippen LogP contribution is -2.36. The Kier molecular flexibility index (Phi) is 4.86. The number of anilines is 1. The Hall–Kier alpha value is -3.16. The molecular weight excluding hydrogens is 368 g/mol. The van der Waals surface area contributed by atoms with E-state index < -0.39 is 5.60 Å². The maximum absolute atomic E-state index is 12.3. The van der Waals surface area contributed by atoms with E-state index in [-0.39, 0.29) is 12.1 Å². The highest BCUT2D eigenvalue weighted by atomic mass is 16.6. The average Bonchev–Trinajstić information content (AvgIpc) is 3.27. The topological polar surface area (TPSA) is 84.7 Å². The molecule has 1 fully saturated rings. The molecule has 8 heteroatoms. The fraction of sp³-hybridized carbons (Fsp3) is 0.429. The Morgan fingerprint density at radius 2 is 2.10 bits per heavy atom. The molecule has 4 heterocycles. The van der Waals surface area contributed by atoms with Crippen LogP contribution in [0.15, 0.2) is 36.8 Å². The summed E-state index contributed by atoms with van der Waals surface area (Å²) in [6.45, 7) is 8.88. The third kappa shape index (κ3) is 4.31. The van der Waals surface area contributed by atoms with Crippen molar-refractivity contribution >= 4 is 17.6 Å². The van der Waals surface area contributed by atoms with E-state index in [1.807, 2.05) is 58.3 Å². The van der Waals surface area contributed by atoms with Crippen LogP contribution < -0.4 is 5.32 Å². The summed E-state index contributed by atoms with van der Waals surface area (Å²) in [6.07, 6.45) is 6.14. The molecule has 29 heavy (non-hydrogen) atoms. The number of ether oxygens (including phenoxy) is 1. The van der Waals surface area contributed by atoms with Gasteiger partial charge in [-0.1, -0.05) is 6.07 Å². The minimum Gasteiger partial charge on any atom is -0.444 e. The van der Waals surface area contributed by atoms with Crippen LogP contribution in [-0.2, 0) is 4.74 Å². The van der Waals surface area contributed by atoms with Gasteiger partial charge in [-0.15, -0.1) is 0 Å². The van der Waals surface area contributed by atoms with Gasteiger partial charge >= 0.3 is 6.09 Å². The van der Waals surface area contributed by atoms with E-state index in [1.165, 1.54) is 0 Å². The minimum absolute atomic E-state index is 0.134. The van der Waals surface area contributed by atoms with Crippen molar-refractivity contribution in [2.45, 2.75) is 45.8 Å². The van der Waals surface area contributed by atoms with Gasteiger partial charge in [0.05, 0.1) is 17.5 Å². The van der Waals surface area contributed by atoms with Crippen LogP contribution in [0.3, 0.4) is 0 Å². The third-order valence-corrected chi connectivity index (χ3v) is 4.70. The standard InChI is InChI=1S/C21H26N6O2/c1-14-10-22-19-16(11-23-27(19)12-14)17-6-5-7-18(25-17)24-15-8-9-26(13-15)20(28)29-21(2,3)4/h5-7,10-12,15H,8-9,13H2,1-4H3,(H,24,25). The SMILES string of the molecule is Cc1cnc2c(-c3cccc(NC4CCN(C(=O)OC(C)(C)C)C4)n3)cnn2c1. The summed E-state index contributed by atoms with van der Waals surface area (Å²) < 4.78 is 7.23. The van der Waals surface area contributed by atoms with E-state index in [1.54, 1.807) is 15.6 Å². The first-order valence-electron chi connectivity index (χ1n) is 9.80. The highest BCUT2D eigenvalue weighted by Gasteiger charge is 2.29. The van der Waals surface area contributed by atoms with Gasteiger partial charge in [-0.2, -0.15) is 5.10 Å². The number of amides is 1. The molecular formula is C21H26N6O2. The van der Waals surface area contributed by atoms with E-state index in [0.29, 0.717) is 13.1 Å². The molecule has 1 unspecified atom stereocenters. The molecule has 0 aromatic carbocycles. The van der Waals surface area contributed by atoms with Gasteiger partial charge < -0.3 is 15.0 Å². The van der Waals surface area contributed by atoms with Crippen LogP contribution >= 0.6 is 0 Å². The van der Waals surface area contributed by atoms with Crippen LogP contribution in [0, 0.1) is 6.92 Å². The van der Waals surface area contributed by atoms with Gasteiger partial charge in [0, 0.05) is 31.5 Å². The van der Waals surface area contributed by atoms with Gasteiger partial charge in [-0.05, 0) is 51.8 Å². The van der Waals surface area contributed by atoms with Crippen molar-refractivity contribution in [2.75, 3.05) is 18.4 Å². The van der Waals surface area contributed by atoms with Crippen LogP contribution in [0.25, 0.3) is 16.9 Å². The molecule has 0 spiro atoms. The average molecular weight is 394 g/mol. The van der Waals surface area contributed by atoms with Gasteiger partial charge in [0.1, 0.15) is 11.4 Å². The molecule has 1 amide bonds. The molecule has 1 aliphatic rings. The molecule has 4 rings (SSSR count). The fourth-order valence-corrected chi connectivity index (χ4v) is 3.39. The second-order valence-electron chi connectivity index (χ2n) is 8.42. The van der Waals surface area contributed by atoms with Crippen LogP contribution in [0.4, 0.5) is 10.6 Å². The van der Waals surface area contributed by atoms with E-state index in [9.17, 15) is 4.79 Å². The summed E-state index contributed by atoms with van der Waals surface area (Å²) >= 11 is 0. The molecule has 0 saturated carbocycles. The summed E-state index contributed by atoms with van der Waals surface area (Å²) in [5, 5.41) is 7.82. The highest BCUT2D eigenvalue weighted by molar-refractivity contribution is 5.75. The van der Waals surface area contributed by atoms with Gasteiger partial charge in [0.2, 0.25) is 0 Å². The highest BCUT2D eigenvalue weighted by Crippen LogP contribution is 2.24. The van der Waals surface area contributed by atoms with E-state index in [4.69, 9.17) is 9.72 Å². The molecule has 3 aromatic heterocycles. The van der Waals surface area contributed by atoms with Crippen molar-refractivity contribution in [1.82, 2.24) is 24.5 Å². The Bertz CT molecular complexity index is 1040. The van der Waals surface area contributed by atoms with Crippen LogP contribution in [0.2, 0.25) is 0 Å². The molecule has 8 nitrogen and oxygen atoms in total. The van der Waals surface area contributed by atoms with Crippen LogP contribution in [-0.4, -0.2) is 55.3 Å². The molecule has 1 atom stereocenters. The predicted molar refractivity (Wildman–Crippen MR) is 111 cm³/mol. The Morgan fingerprint density at radius 3 is 2.90 bits per heavy atom. The van der Waals surface area contributed by atoms with E-state index >= 15 is 0 Å². The van der Waals surface area contributed by atoms with Crippen molar-refractivity contribution in [3.05, 3.63) is 42.4 Å². The van der Waals surface area contributed by atoms with E-state index in [0.717, 1.165) is 34.7 Å². The van der Waals surface area contributed by atoms with Gasteiger partial charge in [-0.3, -0.25) is 0 Å². The number of carbonyl (C=O) groups excluding carboxylic acids is 1. The maximum Gasteiger partial charge on any atom is 0.410 e. The second kappa shape index (κ2) is 7.35. The monoisotopic (exact) mass is 394 g/mol. The molecule has 0 aliphatic carbocycles. The van der Waals surface area contributed by atoms with Gasteiger partial charge in [0.25, 0.3) is 0 Å². The number of aryl methyl sites for hydroxylation is 1. The molecule has 1 aliphatic heterocycles. The minimum atomic E-state index is -0.487. The lowest BCUT2D eigenvalue weighted by Gasteiger charge is -2.24. The zero-order valence-corrected chi connectivity index (χ0v) is 17.2. The summed E-state index contributed by atoms with van der Waals surface area (Å²) in [6, 6.07) is 5.98. The second-order valence-corrected chi connectivity index (χ2v) is 8.42. The Labute approximate surface area is 169 Å². The number of hydrogen-bond donors (Lipinski definition) is 1. The fourth-order valence-electron chi connectivity index (χ4n) is 3.39. The third-order valence-electron chi connectivity index (χ3n) is 4.70. The summed E-state index contributed by atoms with van der Waals surface area (Å²) in [5.41, 5.74) is 3.03. The van der Waals surface area contributed by atoms with Crippen LogP contribution in [0.1, 0.15) is 32.8 Å². The Morgan fingerprint density at radius 1 is 1.28 bits per heavy atom. The molecule has 0 radical (unpaired) electrons. The number of carbonyl (C=O) groups is 1. The van der Waals surface area contributed by atoms with Gasteiger partial charge in [-0.25, -0.2) is 19.3 Å². The smallest absolute Gasteiger partial charge is 0.410 e. The molecule has 1 saturated heterocycles. The first-order chi connectivity index (χ1) is 13.8. The lowest BCUT2D eigenvalue weighted by molar-refractivity contribution is 0.0293. The molecule has 152 valence electrons. The first-order valence-corrected chi connectivity index (χ1v) is 9.80. The quantitative estimate of drug-likeness (QED) is 0.732. The van der Waals surface area contributed by atoms with E-state index in [2.05, 4.69) is 15.4 Å². The van der Waals surface area contributed by atoms with Crippen LogP contribution in [0.5, 0.6) is 0 Å². The normalized spacial score (nSPS) is 17.0. The van der Waals surface area contributed by atoms with Crippen molar-refractivity contribution < 1.29 is 9.53 Å². The number of rotatable bonds is 3. The van der Waals surface area contributed by atoms with Crippen molar-refractivity contribution in [3.63, 3.8) is 0 Å². The number of fused-ring (bicyclic) bond motifs is 1. The zero-order chi connectivity index (χ0) is 20.6. The Balaban J connectivity index is 1.46. The number of hydrogen-bond acceptors (Lipinski definition) is 6. The number of pyridine rings is 1. The molecule has 3 aromatic rings.